The van der Waals surface area contributed by atoms with Gasteiger partial charge in [-0.15, -0.1) is 5.11 Å². The van der Waals surface area contributed by atoms with E-state index in [4.69, 9.17) is 5.11 Å². The molecule has 0 radical (unpaired) electrons. The molecule has 5 heteroatoms. The van der Waals surface area contributed by atoms with Gasteiger partial charge in [0.25, 0.3) is 0 Å². The Balaban J connectivity index is 1.71. The Hall–Kier alpha value is -3.60. The Morgan fingerprint density at radius 2 is 1.74 bits per heavy atom. The molecule has 0 saturated heterocycles. The Morgan fingerprint density at radius 1 is 1.00 bits per heavy atom. The summed E-state index contributed by atoms with van der Waals surface area (Å²) in [7, 11) is 0. The maximum absolute atomic E-state index is 14.2. The van der Waals surface area contributed by atoms with Crippen LogP contribution < -0.4 is 0 Å². The molecule has 1 N–H and O–H groups in total. The molecule has 0 fully saturated rings. The second-order valence-corrected chi connectivity index (χ2v) is 8.60. The van der Waals surface area contributed by atoms with Gasteiger partial charge in [-0.2, -0.15) is 5.11 Å². The van der Waals surface area contributed by atoms with E-state index in [1.165, 1.54) is 23.3 Å². The number of aromatic carboxylic acids is 1. The Kier molecular flexibility index (Phi) is 5.27. The van der Waals surface area contributed by atoms with Gasteiger partial charge in [0, 0.05) is 0 Å². The first-order valence-electron chi connectivity index (χ1n) is 10.1. The second-order valence-electron chi connectivity index (χ2n) is 8.60. The number of benzene rings is 3. The van der Waals surface area contributed by atoms with Crippen molar-refractivity contribution in [2.45, 2.75) is 27.2 Å². The van der Waals surface area contributed by atoms with E-state index in [1.807, 2.05) is 12.1 Å². The molecule has 3 aromatic rings. The van der Waals surface area contributed by atoms with E-state index in [0.29, 0.717) is 5.69 Å². The number of aryl methyl sites for hydroxylation is 1. The SMILES string of the molecule is Cc1ccc(C2=CC(C)(C)Cc3ccc(N=Nc4ccc(C(=O)O)cc4F)cc32)cc1. The third kappa shape index (κ3) is 4.45. The highest BCUT2D eigenvalue weighted by Gasteiger charge is 2.26. The molecule has 0 spiro atoms. The van der Waals surface area contributed by atoms with Gasteiger partial charge < -0.3 is 5.11 Å². The predicted octanol–water partition coefficient (Wildman–Crippen LogP) is 7.26. The maximum Gasteiger partial charge on any atom is 0.335 e. The lowest BCUT2D eigenvalue weighted by molar-refractivity contribution is 0.0696. The molecule has 156 valence electrons. The lowest BCUT2D eigenvalue weighted by Crippen LogP contribution is -2.18. The van der Waals surface area contributed by atoms with Crippen LogP contribution in [0.4, 0.5) is 15.8 Å². The highest BCUT2D eigenvalue weighted by Crippen LogP contribution is 2.41. The maximum atomic E-state index is 14.2. The first-order valence-corrected chi connectivity index (χ1v) is 10.1. The van der Waals surface area contributed by atoms with E-state index < -0.39 is 11.8 Å². The molecule has 0 unspecified atom stereocenters. The summed E-state index contributed by atoms with van der Waals surface area (Å²) in [5.74, 6) is -1.90. The molecule has 1 aliphatic rings. The molecule has 0 heterocycles. The molecule has 0 aliphatic heterocycles. The van der Waals surface area contributed by atoms with Crippen LogP contribution in [0.1, 0.15) is 46.5 Å². The molecule has 3 aromatic carbocycles. The van der Waals surface area contributed by atoms with Gasteiger partial charge in [0.2, 0.25) is 0 Å². The predicted molar refractivity (Wildman–Crippen MR) is 120 cm³/mol. The first-order chi connectivity index (χ1) is 14.7. The number of azo groups is 1. The zero-order valence-electron chi connectivity index (χ0n) is 17.7. The molecule has 0 amide bonds. The summed E-state index contributed by atoms with van der Waals surface area (Å²) in [5, 5.41) is 17.2. The minimum atomic E-state index is -1.18. The van der Waals surface area contributed by atoms with Gasteiger partial charge in [0.05, 0.1) is 11.3 Å². The lowest BCUT2D eigenvalue weighted by Gasteiger charge is -2.30. The largest absolute Gasteiger partial charge is 0.478 e. The van der Waals surface area contributed by atoms with Crippen molar-refractivity contribution < 1.29 is 14.3 Å². The molecule has 0 bridgehead atoms. The van der Waals surface area contributed by atoms with Crippen LogP contribution in [0.2, 0.25) is 0 Å². The standard InChI is InChI=1S/C26H23FN2O2/c1-16-4-6-17(7-5-16)22-15-26(2,3)14-19-8-10-20(13-21(19)22)28-29-24-11-9-18(25(30)31)12-23(24)27/h4-13,15H,14H2,1-3H3,(H,30,31). The van der Waals surface area contributed by atoms with Gasteiger partial charge in [-0.1, -0.05) is 55.8 Å². The van der Waals surface area contributed by atoms with E-state index in [0.717, 1.165) is 29.2 Å². The fraction of sp³-hybridized carbons (Fsp3) is 0.192. The summed E-state index contributed by atoms with van der Waals surface area (Å²) in [6.45, 7) is 6.51. The van der Waals surface area contributed by atoms with E-state index in [-0.39, 0.29) is 16.7 Å². The van der Waals surface area contributed by atoms with Gasteiger partial charge >= 0.3 is 5.97 Å². The molecule has 4 rings (SSSR count). The monoisotopic (exact) mass is 414 g/mol. The zero-order chi connectivity index (χ0) is 22.2. The van der Waals surface area contributed by atoms with Crippen molar-refractivity contribution in [2.75, 3.05) is 0 Å². The fourth-order valence-corrected chi connectivity index (χ4v) is 3.85. The summed E-state index contributed by atoms with van der Waals surface area (Å²) in [6, 6.07) is 17.9. The number of hydrogen-bond donors (Lipinski definition) is 1. The van der Waals surface area contributed by atoms with Crippen molar-refractivity contribution in [2.24, 2.45) is 15.6 Å². The summed E-state index contributed by atoms with van der Waals surface area (Å²) in [6.07, 6.45) is 3.21. The van der Waals surface area contributed by atoms with Crippen LogP contribution in [0, 0.1) is 18.2 Å². The van der Waals surface area contributed by atoms with Gasteiger partial charge in [-0.25, -0.2) is 9.18 Å². The Labute approximate surface area is 180 Å². The van der Waals surface area contributed by atoms with Crippen molar-refractivity contribution in [1.29, 1.82) is 0 Å². The number of carboxylic acids is 1. The van der Waals surface area contributed by atoms with Crippen LogP contribution in [0.5, 0.6) is 0 Å². The third-order valence-corrected chi connectivity index (χ3v) is 5.40. The van der Waals surface area contributed by atoms with Crippen molar-refractivity contribution in [3.05, 3.63) is 100 Å². The van der Waals surface area contributed by atoms with Gasteiger partial charge in [-0.3, -0.25) is 0 Å². The number of halogens is 1. The number of allylic oxidation sites excluding steroid dienone is 1. The molecule has 0 atom stereocenters. The van der Waals surface area contributed by atoms with Crippen molar-refractivity contribution >= 4 is 22.9 Å². The molecule has 1 aliphatic carbocycles. The van der Waals surface area contributed by atoms with Gasteiger partial charge in [0.15, 0.2) is 5.82 Å². The molecule has 31 heavy (non-hydrogen) atoms. The average Bonchev–Trinajstić information content (AvgIpc) is 2.72. The Bertz CT molecular complexity index is 1220. The molecular weight excluding hydrogens is 391 g/mol. The average molecular weight is 414 g/mol. The van der Waals surface area contributed by atoms with Crippen LogP contribution in [-0.2, 0) is 6.42 Å². The minimum Gasteiger partial charge on any atom is -0.478 e. The lowest BCUT2D eigenvalue weighted by atomic mass is 9.74. The zero-order valence-corrected chi connectivity index (χ0v) is 17.7. The summed E-state index contributed by atoms with van der Waals surface area (Å²) < 4.78 is 14.2. The third-order valence-electron chi connectivity index (χ3n) is 5.40. The second kappa shape index (κ2) is 7.91. The van der Waals surface area contributed by atoms with Crippen LogP contribution in [0.15, 0.2) is 77.0 Å². The van der Waals surface area contributed by atoms with Crippen LogP contribution in [-0.4, -0.2) is 11.1 Å². The summed E-state index contributed by atoms with van der Waals surface area (Å²) >= 11 is 0. The van der Waals surface area contributed by atoms with E-state index in [9.17, 15) is 9.18 Å². The first kappa shape index (κ1) is 20.7. The molecule has 0 saturated carbocycles. The number of carbonyl (C=O) groups is 1. The molecule has 0 aromatic heterocycles. The van der Waals surface area contributed by atoms with Gasteiger partial charge in [0.1, 0.15) is 5.69 Å². The minimum absolute atomic E-state index is 0.00171. The summed E-state index contributed by atoms with van der Waals surface area (Å²) in [4.78, 5) is 11.0. The topological polar surface area (TPSA) is 62.0 Å². The van der Waals surface area contributed by atoms with Crippen molar-refractivity contribution in [3.63, 3.8) is 0 Å². The van der Waals surface area contributed by atoms with E-state index in [2.05, 4.69) is 67.4 Å². The number of nitrogens with zero attached hydrogens (tertiary/aromatic N) is 2. The number of rotatable bonds is 4. The Morgan fingerprint density at radius 3 is 2.42 bits per heavy atom. The van der Waals surface area contributed by atoms with E-state index >= 15 is 0 Å². The van der Waals surface area contributed by atoms with Crippen molar-refractivity contribution in [3.8, 4) is 0 Å². The highest BCUT2D eigenvalue weighted by molar-refractivity contribution is 5.88. The summed E-state index contributed by atoms with van der Waals surface area (Å²) in [5.41, 5.74) is 6.35. The van der Waals surface area contributed by atoms with Crippen LogP contribution >= 0.6 is 0 Å². The quantitative estimate of drug-likeness (QED) is 0.457. The van der Waals surface area contributed by atoms with E-state index in [1.54, 1.807) is 0 Å². The smallest absolute Gasteiger partial charge is 0.335 e. The highest BCUT2D eigenvalue weighted by atomic mass is 19.1. The number of hydrogen-bond acceptors (Lipinski definition) is 3. The van der Waals surface area contributed by atoms with Crippen molar-refractivity contribution in [1.82, 2.24) is 0 Å². The normalized spacial score (nSPS) is 14.9. The van der Waals surface area contributed by atoms with Gasteiger partial charge in [-0.05, 0) is 71.4 Å². The van der Waals surface area contributed by atoms with Crippen LogP contribution in [0.3, 0.4) is 0 Å². The number of fused-ring (bicyclic) bond motifs is 1. The number of carboxylic acid groups (broad SMARTS) is 1. The van der Waals surface area contributed by atoms with Crippen LogP contribution in [0.25, 0.3) is 5.57 Å². The fourth-order valence-electron chi connectivity index (χ4n) is 3.85. The molecule has 4 nitrogen and oxygen atoms in total. The molecular formula is C26H23FN2O2.